The van der Waals surface area contributed by atoms with Crippen LogP contribution in [0.4, 0.5) is 0 Å². The van der Waals surface area contributed by atoms with Crippen LogP contribution in [-0.2, 0) is 0 Å². The molecule has 3 aliphatic heterocycles. The van der Waals surface area contributed by atoms with Crippen molar-refractivity contribution in [2.75, 3.05) is 26.4 Å². The fraction of sp³-hybridized carbons (Fsp3) is 0.647. The minimum Gasteiger partial charge on any atom is -0.454 e. The Morgan fingerprint density at radius 3 is 3.00 bits per heavy atom. The number of likely N-dealkylation sites (tertiary alicyclic amines) is 1. The second-order valence-electron chi connectivity index (χ2n) is 6.54. The van der Waals surface area contributed by atoms with Gasteiger partial charge in [0.2, 0.25) is 6.79 Å². The highest BCUT2D eigenvalue weighted by atomic mass is 16.7. The van der Waals surface area contributed by atoms with Gasteiger partial charge in [0.25, 0.3) is 0 Å². The molecule has 114 valence electrons. The maximum absolute atomic E-state index is 5.53. The largest absolute Gasteiger partial charge is 0.454 e. The van der Waals surface area contributed by atoms with Crippen molar-refractivity contribution in [3.05, 3.63) is 23.8 Å². The lowest BCUT2D eigenvalue weighted by atomic mass is 9.92. The molecule has 0 amide bonds. The van der Waals surface area contributed by atoms with Crippen LogP contribution in [0.25, 0.3) is 0 Å². The van der Waals surface area contributed by atoms with Gasteiger partial charge < -0.3 is 14.8 Å². The Bertz CT molecular complexity index is 534. The van der Waals surface area contributed by atoms with Crippen LogP contribution >= 0.6 is 0 Å². The van der Waals surface area contributed by atoms with E-state index in [4.69, 9.17) is 9.47 Å². The molecule has 3 aliphatic rings. The first-order valence-corrected chi connectivity index (χ1v) is 8.14. The molecule has 1 aromatic carbocycles. The molecule has 2 fully saturated rings. The second kappa shape index (κ2) is 5.18. The Labute approximate surface area is 126 Å². The first kappa shape index (κ1) is 13.4. The van der Waals surface area contributed by atoms with Gasteiger partial charge in [-0.3, -0.25) is 4.90 Å². The highest BCUT2D eigenvalue weighted by molar-refractivity contribution is 5.45. The van der Waals surface area contributed by atoms with Gasteiger partial charge >= 0.3 is 0 Å². The van der Waals surface area contributed by atoms with E-state index in [2.05, 4.69) is 36.2 Å². The molecule has 0 saturated carbocycles. The third-order valence-corrected chi connectivity index (χ3v) is 5.55. The van der Waals surface area contributed by atoms with Crippen LogP contribution in [0.2, 0.25) is 0 Å². The Kier molecular flexibility index (Phi) is 3.31. The van der Waals surface area contributed by atoms with E-state index in [0.717, 1.165) is 23.3 Å². The summed E-state index contributed by atoms with van der Waals surface area (Å²) in [6.07, 6.45) is 1.23. The van der Waals surface area contributed by atoms with Crippen molar-refractivity contribution < 1.29 is 9.47 Å². The van der Waals surface area contributed by atoms with Gasteiger partial charge in [-0.05, 0) is 56.0 Å². The van der Waals surface area contributed by atoms with Gasteiger partial charge in [0.05, 0.1) is 0 Å². The van der Waals surface area contributed by atoms with E-state index in [-0.39, 0.29) is 0 Å². The molecule has 4 nitrogen and oxygen atoms in total. The lowest BCUT2D eigenvalue weighted by Gasteiger charge is -2.32. The molecular weight excluding hydrogens is 264 g/mol. The summed E-state index contributed by atoms with van der Waals surface area (Å²) in [6.45, 7) is 8.59. The molecule has 0 aliphatic carbocycles. The van der Waals surface area contributed by atoms with Crippen molar-refractivity contribution in [2.24, 2.45) is 11.8 Å². The first-order valence-electron chi connectivity index (χ1n) is 8.14. The zero-order valence-electron chi connectivity index (χ0n) is 12.8. The monoisotopic (exact) mass is 288 g/mol. The maximum atomic E-state index is 5.53. The summed E-state index contributed by atoms with van der Waals surface area (Å²) in [7, 11) is 0. The summed E-state index contributed by atoms with van der Waals surface area (Å²) in [5.74, 6) is 3.42. The second-order valence-corrected chi connectivity index (χ2v) is 6.54. The van der Waals surface area contributed by atoms with E-state index in [9.17, 15) is 0 Å². The number of rotatable bonds is 3. The Morgan fingerprint density at radius 2 is 2.14 bits per heavy atom. The van der Waals surface area contributed by atoms with Crippen LogP contribution in [0.3, 0.4) is 0 Å². The van der Waals surface area contributed by atoms with Gasteiger partial charge in [-0.15, -0.1) is 0 Å². The molecule has 0 bridgehead atoms. The van der Waals surface area contributed by atoms with Crippen molar-refractivity contribution in [1.82, 2.24) is 10.2 Å². The molecule has 4 unspecified atom stereocenters. The predicted octanol–water partition coefficient (Wildman–Crippen LogP) is 2.41. The van der Waals surface area contributed by atoms with Crippen molar-refractivity contribution in [3.63, 3.8) is 0 Å². The van der Waals surface area contributed by atoms with E-state index in [1.807, 2.05) is 6.07 Å². The number of benzene rings is 1. The number of hydrogen-bond acceptors (Lipinski definition) is 4. The normalized spacial score (nSPS) is 32.4. The molecule has 0 aromatic heterocycles. The fourth-order valence-electron chi connectivity index (χ4n) is 4.40. The third-order valence-electron chi connectivity index (χ3n) is 5.55. The fourth-order valence-corrected chi connectivity index (χ4v) is 4.40. The molecule has 4 rings (SSSR count). The number of fused-ring (bicyclic) bond motifs is 2. The summed E-state index contributed by atoms with van der Waals surface area (Å²) in [5, 5.41) is 3.56. The summed E-state index contributed by atoms with van der Waals surface area (Å²) >= 11 is 0. The molecule has 4 heteroatoms. The summed E-state index contributed by atoms with van der Waals surface area (Å²) in [6, 6.07) is 7.54. The minimum absolute atomic E-state index is 0.351. The number of hydrogen-bond donors (Lipinski definition) is 1. The highest BCUT2D eigenvalue weighted by Gasteiger charge is 2.44. The first-order chi connectivity index (χ1) is 10.3. The van der Waals surface area contributed by atoms with Crippen LogP contribution in [0.1, 0.15) is 31.9 Å². The lowest BCUT2D eigenvalue weighted by molar-refractivity contribution is 0.164. The highest BCUT2D eigenvalue weighted by Crippen LogP contribution is 2.41. The zero-order chi connectivity index (χ0) is 14.4. The summed E-state index contributed by atoms with van der Waals surface area (Å²) in [4.78, 5) is 2.70. The number of nitrogens with one attached hydrogen (secondary N) is 1. The minimum atomic E-state index is 0.351. The Hall–Kier alpha value is -1.26. The SMILES string of the molecule is CCC1C2CNCC2CN1C(C)c1ccc2c(c1)OCO2. The smallest absolute Gasteiger partial charge is 0.231 e. The van der Waals surface area contributed by atoms with E-state index in [0.29, 0.717) is 18.9 Å². The lowest BCUT2D eigenvalue weighted by Crippen LogP contribution is -2.36. The Morgan fingerprint density at radius 1 is 1.29 bits per heavy atom. The van der Waals surface area contributed by atoms with Gasteiger partial charge in [0.1, 0.15) is 0 Å². The van der Waals surface area contributed by atoms with Gasteiger partial charge in [0.15, 0.2) is 11.5 Å². The quantitative estimate of drug-likeness (QED) is 0.926. The predicted molar refractivity (Wildman–Crippen MR) is 81.6 cm³/mol. The van der Waals surface area contributed by atoms with Crippen molar-refractivity contribution >= 4 is 0 Å². The number of nitrogens with zero attached hydrogens (tertiary/aromatic N) is 1. The standard InChI is InChI=1S/C17H24N2O2/c1-3-15-14-8-18-7-13(14)9-19(15)11(2)12-4-5-16-17(6-12)21-10-20-16/h4-6,11,13-15,18H,3,7-10H2,1-2H3. The van der Waals surface area contributed by atoms with Crippen LogP contribution < -0.4 is 14.8 Å². The molecule has 21 heavy (non-hydrogen) atoms. The average Bonchev–Trinajstić information content (AvgIpc) is 3.20. The Balaban J connectivity index is 1.58. The van der Waals surface area contributed by atoms with Crippen LogP contribution in [0.15, 0.2) is 18.2 Å². The van der Waals surface area contributed by atoms with Crippen LogP contribution in [0, 0.1) is 11.8 Å². The summed E-state index contributed by atoms with van der Waals surface area (Å²) in [5.41, 5.74) is 1.34. The van der Waals surface area contributed by atoms with E-state index in [1.165, 1.54) is 31.6 Å². The van der Waals surface area contributed by atoms with Crippen LogP contribution in [0.5, 0.6) is 11.5 Å². The van der Waals surface area contributed by atoms with Gasteiger partial charge in [-0.2, -0.15) is 0 Å². The topological polar surface area (TPSA) is 33.7 Å². The molecule has 0 radical (unpaired) electrons. The molecular formula is C17H24N2O2. The van der Waals surface area contributed by atoms with E-state index >= 15 is 0 Å². The van der Waals surface area contributed by atoms with Crippen molar-refractivity contribution in [2.45, 2.75) is 32.4 Å². The number of ether oxygens (including phenoxy) is 2. The molecule has 1 N–H and O–H groups in total. The average molecular weight is 288 g/mol. The molecule has 2 saturated heterocycles. The zero-order valence-corrected chi connectivity index (χ0v) is 12.8. The van der Waals surface area contributed by atoms with Gasteiger partial charge in [-0.25, -0.2) is 0 Å². The molecule has 0 spiro atoms. The maximum Gasteiger partial charge on any atom is 0.231 e. The van der Waals surface area contributed by atoms with E-state index in [1.54, 1.807) is 0 Å². The van der Waals surface area contributed by atoms with Gasteiger partial charge in [-0.1, -0.05) is 13.0 Å². The van der Waals surface area contributed by atoms with Gasteiger partial charge in [0, 0.05) is 18.6 Å². The van der Waals surface area contributed by atoms with Crippen LogP contribution in [-0.4, -0.2) is 37.4 Å². The molecule has 3 heterocycles. The summed E-state index contributed by atoms with van der Waals surface area (Å²) < 4.78 is 10.9. The third kappa shape index (κ3) is 2.12. The molecule has 1 aromatic rings. The van der Waals surface area contributed by atoms with Crippen molar-refractivity contribution in [3.8, 4) is 11.5 Å². The van der Waals surface area contributed by atoms with E-state index < -0.39 is 0 Å². The molecule has 4 atom stereocenters. The van der Waals surface area contributed by atoms with Crippen molar-refractivity contribution in [1.29, 1.82) is 0 Å².